The van der Waals surface area contributed by atoms with Crippen molar-refractivity contribution in [2.45, 2.75) is 11.8 Å². The van der Waals surface area contributed by atoms with Gasteiger partial charge in [0.25, 0.3) is 0 Å². The minimum Gasteiger partial charge on any atom is -0.0984 e. The average Bonchev–Trinajstić information content (AvgIpc) is 2.03. The molecule has 0 aliphatic rings. The summed E-state index contributed by atoms with van der Waals surface area (Å²) < 4.78 is 0. The van der Waals surface area contributed by atoms with Crippen molar-refractivity contribution < 1.29 is 0 Å². The first kappa shape index (κ1) is 7.42. The zero-order chi connectivity index (χ0) is 7.23. The molecule has 0 aliphatic carbocycles. The van der Waals surface area contributed by atoms with Crippen LogP contribution >= 0.6 is 11.8 Å². The Balaban J connectivity index is 2.59. The zero-order valence-corrected chi connectivity index (χ0v) is 6.77. The summed E-state index contributed by atoms with van der Waals surface area (Å²) in [7, 11) is 0. The molecule has 10 heavy (non-hydrogen) atoms. The number of thioether (sulfide) groups is 1. The Hall–Kier alpha value is -0.690. The highest BCUT2D eigenvalue weighted by atomic mass is 32.2. The Morgan fingerprint density at radius 1 is 1.20 bits per heavy atom. The van der Waals surface area contributed by atoms with Gasteiger partial charge in [0.1, 0.15) is 0 Å². The molecule has 1 rings (SSSR count). The molecule has 1 heteroatoms. The third-order valence-electron chi connectivity index (χ3n) is 1.08. The fourth-order valence-electron chi connectivity index (χ4n) is 0.646. The van der Waals surface area contributed by atoms with E-state index < -0.39 is 0 Å². The van der Waals surface area contributed by atoms with Gasteiger partial charge in [0.2, 0.25) is 0 Å². The maximum absolute atomic E-state index is 2.10. The van der Waals surface area contributed by atoms with E-state index in [1.165, 1.54) is 4.90 Å². The minimum atomic E-state index is 1.29. The molecule has 0 atom stereocenters. The number of allylic oxidation sites excluding steroid dienone is 1. The summed E-state index contributed by atoms with van der Waals surface area (Å²) in [5, 5.41) is 2.08. The molecule has 1 aromatic rings. The van der Waals surface area contributed by atoms with Gasteiger partial charge >= 0.3 is 0 Å². The maximum Gasteiger partial charge on any atom is 0.0116 e. The normalized spacial score (nSPS) is 10.5. The van der Waals surface area contributed by atoms with Crippen molar-refractivity contribution in [1.29, 1.82) is 0 Å². The van der Waals surface area contributed by atoms with E-state index in [2.05, 4.69) is 17.5 Å². The summed E-state index contributed by atoms with van der Waals surface area (Å²) in [6.07, 6.45) is 2.04. The summed E-state index contributed by atoms with van der Waals surface area (Å²) in [5.41, 5.74) is 0. The van der Waals surface area contributed by atoms with Crippen molar-refractivity contribution in [1.82, 2.24) is 0 Å². The molecule has 0 unspecified atom stereocenters. The zero-order valence-electron chi connectivity index (χ0n) is 5.95. The summed E-state index contributed by atoms with van der Waals surface area (Å²) in [6.45, 7) is 2.02. The van der Waals surface area contributed by atoms with E-state index in [0.717, 1.165) is 0 Å². The van der Waals surface area contributed by atoms with Gasteiger partial charge in [-0.3, -0.25) is 0 Å². The van der Waals surface area contributed by atoms with E-state index in [1.807, 2.05) is 31.2 Å². The largest absolute Gasteiger partial charge is 0.0984 e. The SMILES string of the molecule is CC=CSc1ccccc1. The fraction of sp³-hybridized carbons (Fsp3) is 0.111. The van der Waals surface area contributed by atoms with Crippen LogP contribution in [0.15, 0.2) is 46.7 Å². The van der Waals surface area contributed by atoms with Crippen molar-refractivity contribution in [3.63, 3.8) is 0 Å². The van der Waals surface area contributed by atoms with E-state index in [1.54, 1.807) is 11.8 Å². The minimum absolute atomic E-state index is 1.29. The second-order valence-electron chi connectivity index (χ2n) is 1.90. The van der Waals surface area contributed by atoms with Crippen LogP contribution in [-0.4, -0.2) is 0 Å². The Kier molecular flexibility index (Phi) is 3.10. The van der Waals surface area contributed by atoms with Gasteiger partial charge in [-0.25, -0.2) is 0 Å². The molecule has 0 fully saturated rings. The van der Waals surface area contributed by atoms with Gasteiger partial charge in [-0.05, 0) is 24.5 Å². The van der Waals surface area contributed by atoms with Crippen LogP contribution in [0.1, 0.15) is 6.92 Å². The van der Waals surface area contributed by atoms with Gasteiger partial charge in [-0.1, -0.05) is 36.0 Å². The highest BCUT2D eigenvalue weighted by Crippen LogP contribution is 2.17. The highest BCUT2D eigenvalue weighted by molar-refractivity contribution is 8.02. The topological polar surface area (TPSA) is 0 Å². The molecule has 0 aromatic heterocycles. The standard InChI is InChI=1S/C9H10S/c1-2-8-10-9-6-4-3-5-7-9/h2-8H,1H3. The second-order valence-corrected chi connectivity index (χ2v) is 2.88. The first-order chi connectivity index (χ1) is 4.93. The van der Waals surface area contributed by atoms with Crippen LogP contribution in [0.4, 0.5) is 0 Å². The van der Waals surface area contributed by atoms with Crippen LogP contribution in [0, 0.1) is 0 Å². The molecule has 1 aromatic carbocycles. The fourth-order valence-corrected chi connectivity index (χ4v) is 1.25. The van der Waals surface area contributed by atoms with Crippen LogP contribution in [-0.2, 0) is 0 Å². The molecule has 0 heterocycles. The summed E-state index contributed by atoms with van der Waals surface area (Å²) in [5.74, 6) is 0. The highest BCUT2D eigenvalue weighted by Gasteiger charge is 1.83. The second kappa shape index (κ2) is 4.18. The van der Waals surface area contributed by atoms with Crippen molar-refractivity contribution in [3.8, 4) is 0 Å². The predicted octanol–water partition coefficient (Wildman–Crippen LogP) is 3.31. The van der Waals surface area contributed by atoms with Gasteiger partial charge in [0, 0.05) is 4.90 Å². The molecule has 0 bridgehead atoms. The molecule has 0 saturated carbocycles. The van der Waals surface area contributed by atoms with Crippen molar-refractivity contribution in [2.24, 2.45) is 0 Å². The third kappa shape index (κ3) is 2.28. The lowest BCUT2D eigenvalue weighted by molar-refractivity contribution is 1.47. The molecule has 0 spiro atoms. The Bertz CT molecular complexity index is 201. The van der Waals surface area contributed by atoms with Gasteiger partial charge in [0.15, 0.2) is 0 Å². The van der Waals surface area contributed by atoms with Gasteiger partial charge in [-0.2, -0.15) is 0 Å². The van der Waals surface area contributed by atoms with Crippen molar-refractivity contribution in [3.05, 3.63) is 41.8 Å². The van der Waals surface area contributed by atoms with E-state index in [9.17, 15) is 0 Å². The third-order valence-corrected chi connectivity index (χ3v) is 2.04. The van der Waals surface area contributed by atoms with Crippen LogP contribution in [0.5, 0.6) is 0 Å². The molecule has 0 nitrogen and oxygen atoms in total. The smallest absolute Gasteiger partial charge is 0.0116 e. The Labute approximate surface area is 66.0 Å². The Morgan fingerprint density at radius 3 is 2.50 bits per heavy atom. The molecule has 0 saturated heterocycles. The van der Waals surface area contributed by atoms with Crippen molar-refractivity contribution >= 4 is 11.8 Å². The van der Waals surface area contributed by atoms with Gasteiger partial charge < -0.3 is 0 Å². The van der Waals surface area contributed by atoms with Crippen LogP contribution in [0.3, 0.4) is 0 Å². The van der Waals surface area contributed by atoms with Crippen molar-refractivity contribution in [2.75, 3.05) is 0 Å². The summed E-state index contributed by atoms with van der Waals surface area (Å²) in [4.78, 5) is 1.29. The lowest BCUT2D eigenvalue weighted by Crippen LogP contribution is -1.63. The molecule has 0 N–H and O–H groups in total. The summed E-state index contributed by atoms with van der Waals surface area (Å²) in [6, 6.07) is 10.3. The average molecular weight is 150 g/mol. The lowest BCUT2D eigenvalue weighted by Gasteiger charge is -1.91. The molecule has 0 aliphatic heterocycles. The first-order valence-electron chi connectivity index (χ1n) is 3.26. The van der Waals surface area contributed by atoms with E-state index in [4.69, 9.17) is 0 Å². The molecular weight excluding hydrogens is 140 g/mol. The van der Waals surface area contributed by atoms with Crippen LogP contribution < -0.4 is 0 Å². The maximum atomic E-state index is 2.10. The van der Waals surface area contributed by atoms with E-state index in [-0.39, 0.29) is 0 Å². The number of hydrogen-bond donors (Lipinski definition) is 0. The predicted molar refractivity (Wildman–Crippen MR) is 47.1 cm³/mol. The number of hydrogen-bond acceptors (Lipinski definition) is 1. The Morgan fingerprint density at radius 2 is 1.90 bits per heavy atom. The number of benzene rings is 1. The number of rotatable bonds is 2. The van der Waals surface area contributed by atoms with E-state index >= 15 is 0 Å². The van der Waals surface area contributed by atoms with Gasteiger partial charge in [0.05, 0.1) is 0 Å². The quantitative estimate of drug-likeness (QED) is 0.583. The molecule has 52 valence electrons. The monoisotopic (exact) mass is 150 g/mol. The van der Waals surface area contributed by atoms with Gasteiger partial charge in [-0.15, -0.1) is 0 Å². The lowest BCUT2D eigenvalue weighted by atomic mass is 10.4. The van der Waals surface area contributed by atoms with Crippen LogP contribution in [0.2, 0.25) is 0 Å². The van der Waals surface area contributed by atoms with Crippen LogP contribution in [0.25, 0.3) is 0 Å². The molecular formula is C9H10S. The molecule has 0 radical (unpaired) electrons. The summed E-state index contributed by atoms with van der Waals surface area (Å²) >= 11 is 1.74. The molecule has 0 amide bonds. The van der Waals surface area contributed by atoms with E-state index in [0.29, 0.717) is 0 Å². The first-order valence-corrected chi connectivity index (χ1v) is 4.14.